The van der Waals surface area contributed by atoms with Gasteiger partial charge in [0.25, 0.3) is 10.0 Å². The van der Waals surface area contributed by atoms with Crippen molar-refractivity contribution in [3.05, 3.63) is 50.9 Å². The largest absolute Gasteiger partial charge is 0.465 e. The number of fused-ring (bicyclic) bond motifs is 1. The highest BCUT2D eigenvalue weighted by atomic mass is 32.2. The zero-order valence-corrected chi connectivity index (χ0v) is 20.1. The van der Waals surface area contributed by atoms with Crippen molar-refractivity contribution in [2.24, 2.45) is 0 Å². The fraction of sp³-hybridized carbons (Fsp3) is 0.522. The number of hydrogen-bond acceptors (Lipinski definition) is 6. The molecule has 1 aromatic heterocycles. The molecule has 0 N–H and O–H groups in total. The molecule has 0 aliphatic carbocycles. The Balaban J connectivity index is 1.66. The normalized spacial score (nSPS) is 18.0. The maximum Gasteiger partial charge on any atom is 0.340 e. The molecule has 0 unspecified atom stereocenters. The summed E-state index contributed by atoms with van der Waals surface area (Å²) in [6.45, 7) is 7.49. The number of rotatable bonds is 5. The summed E-state index contributed by atoms with van der Waals surface area (Å²) in [6.07, 6.45) is 3.42. The minimum Gasteiger partial charge on any atom is -0.465 e. The third-order valence-corrected chi connectivity index (χ3v) is 9.89. The maximum absolute atomic E-state index is 13.4. The van der Waals surface area contributed by atoms with Crippen LogP contribution in [0.5, 0.6) is 0 Å². The Labute approximate surface area is 188 Å². The molecule has 168 valence electrons. The van der Waals surface area contributed by atoms with Crippen LogP contribution in [-0.2, 0) is 34.3 Å². The molecule has 1 fully saturated rings. The van der Waals surface area contributed by atoms with Crippen molar-refractivity contribution in [3.8, 4) is 0 Å². The highest BCUT2D eigenvalue weighted by Crippen LogP contribution is 2.39. The molecule has 1 saturated heterocycles. The van der Waals surface area contributed by atoms with Gasteiger partial charge in [0.1, 0.15) is 4.21 Å². The molecule has 1 aromatic carbocycles. The van der Waals surface area contributed by atoms with Gasteiger partial charge < -0.3 is 4.74 Å². The van der Waals surface area contributed by atoms with E-state index in [1.54, 1.807) is 0 Å². The Morgan fingerprint density at radius 1 is 1.13 bits per heavy atom. The molecule has 2 aliphatic rings. The van der Waals surface area contributed by atoms with E-state index in [0.29, 0.717) is 26.1 Å². The van der Waals surface area contributed by atoms with Crippen molar-refractivity contribution in [3.63, 3.8) is 0 Å². The van der Waals surface area contributed by atoms with Crippen molar-refractivity contribution in [2.45, 2.75) is 56.8 Å². The Morgan fingerprint density at radius 3 is 2.58 bits per heavy atom. The van der Waals surface area contributed by atoms with Crippen molar-refractivity contribution in [2.75, 3.05) is 26.7 Å². The molecule has 2 aromatic rings. The highest BCUT2D eigenvalue weighted by Gasteiger charge is 2.37. The molecule has 0 bridgehead atoms. The average molecular weight is 463 g/mol. The second-order valence-corrected chi connectivity index (χ2v) is 11.8. The number of nitrogens with zero attached hydrogens (tertiary/aromatic N) is 2. The Hall–Kier alpha value is -1.74. The topological polar surface area (TPSA) is 66.9 Å². The van der Waals surface area contributed by atoms with Gasteiger partial charge in [0.2, 0.25) is 0 Å². The third kappa shape index (κ3) is 4.44. The predicted molar refractivity (Wildman–Crippen MR) is 122 cm³/mol. The lowest BCUT2D eigenvalue weighted by molar-refractivity contribution is 0.0595. The standard InChI is InChI=1S/C23H30N2O4S2/c1-16-7-8-17(2)18(13-16)14-24-12-9-19-20(15-24)30-23(21(19)22(26)29-3)31(27,28)25-10-5-4-6-11-25/h7-8,13H,4-6,9-12,14-15H2,1-3H3. The first-order chi connectivity index (χ1) is 14.8. The molecule has 0 spiro atoms. The van der Waals surface area contributed by atoms with Gasteiger partial charge in [0, 0.05) is 37.6 Å². The smallest absolute Gasteiger partial charge is 0.340 e. The fourth-order valence-corrected chi connectivity index (χ4v) is 8.07. The van der Waals surface area contributed by atoms with Gasteiger partial charge in [-0.05, 0) is 49.8 Å². The number of carbonyl (C=O) groups excluding carboxylic acids is 1. The van der Waals surface area contributed by atoms with Crippen LogP contribution in [0.2, 0.25) is 0 Å². The first-order valence-electron chi connectivity index (χ1n) is 10.8. The van der Waals surface area contributed by atoms with Gasteiger partial charge >= 0.3 is 5.97 Å². The van der Waals surface area contributed by atoms with Crippen LogP contribution in [-0.4, -0.2) is 50.3 Å². The molecule has 31 heavy (non-hydrogen) atoms. The molecule has 6 nitrogen and oxygen atoms in total. The second-order valence-electron chi connectivity index (χ2n) is 8.51. The maximum atomic E-state index is 13.4. The van der Waals surface area contributed by atoms with Crippen molar-refractivity contribution < 1.29 is 17.9 Å². The zero-order chi connectivity index (χ0) is 22.2. The number of esters is 1. The van der Waals surface area contributed by atoms with Crippen LogP contribution in [0.1, 0.15) is 56.8 Å². The Kier molecular flexibility index (Phi) is 6.53. The number of aryl methyl sites for hydroxylation is 2. The summed E-state index contributed by atoms with van der Waals surface area (Å²) in [4.78, 5) is 15.9. The van der Waals surface area contributed by atoms with E-state index in [1.807, 2.05) is 0 Å². The summed E-state index contributed by atoms with van der Waals surface area (Å²) < 4.78 is 33.5. The quantitative estimate of drug-likeness (QED) is 0.631. The van der Waals surface area contributed by atoms with Crippen LogP contribution in [0.4, 0.5) is 0 Å². The minimum absolute atomic E-state index is 0.167. The monoisotopic (exact) mass is 462 g/mol. The number of piperidine rings is 1. The van der Waals surface area contributed by atoms with Crippen molar-refractivity contribution >= 4 is 27.3 Å². The van der Waals surface area contributed by atoms with E-state index >= 15 is 0 Å². The number of thiophene rings is 1. The number of benzene rings is 1. The van der Waals surface area contributed by atoms with E-state index in [9.17, 15) is 13.2 Å². The van der Waals surface area contributed by atoms with Gasteiger partial charge in [-0.2, -0.15) is 4.31 Å². The number of sulfonamides is 1. The van der Waals surface area contributed by atoms with E-state index in [4.69, 9.17) is 4.74 Å². The summed E-state index contributed by atoms with van der Waals surface area (Å²) in [7, 11) is -2.38. The van der Waals surface area contributed by atoms with Gasteiger partial charge in [0.05, 0.1) is 12.7 Å². The minimum atomic E-state index is -3.70. The summed E-state index contributed by atoms with van der Waals surface area (Å²) in [5.74, 6) is -0.545. The summed E-state index contributed by atoms with van der Waals surface area (Å²) in [6, 6.07) is 6.47. The predicted octanol–water partition coefficient (Wildman–Crippen LogP) is 3.88. The van der Waals surface area contributed by atoms with Crippen LogP contribution >= 0.6 is 11.3 Å². The lowest BCUT2D eigenvalue weighted by Crippen LogP contribution is -2.36. The molecule has 8 heteroatoms. The van der Waals surface area contributed by atoms with Gasteiger partial charge in [-0.15, -0.1) is 11.3 Å². The summed E-state index contributed by atoms with van der Waals surface area (Å²) >= 11 is 1.26. The van der Waals surface area contributed by atoms with E-state index in [-0.39, 0.29) is 9.77 Å². The number of hydrogen-bond donors (Lipinski definition) is 0. The number of ether oxygens (including phenoxy) is 1. The lowest BCUT2D eigenvalue weighted by atomic mass is 10.0. The van der Waals surface area contributed by atoms with Crippen molar-refractivity contribution in [1.29, 1.82) is 0 Å². The van der Waals surface area contributed by atoms with Crippen LogP contribution in [0, 0.1) is 13.8 Å². The van der Waals surface area contributed by atoms with Crippen LogP contribution < -0.4 is 0 Å². The molecular weight excluding hydrogens is 432 g/mol. The SMILES string of the molecule is COC(=O)c1c(S(=O)(=O)N2CCCCC2)sc2c1CCN(Cc1cc(C)ccc1C)C2. The van der Waals surface area contributed by atoms with E-state index in [0.717, 1.165) is 42.8 Å². The average Bonchev–Trinajstić information content (AvgIpc) is 3.16. The molecule has 0 amide bonds. The van der Waals surface area contributed by atoms with E-state index in [1.165, 1.54) is 39.4 Å². The first-order valence-corrected chi connectivity index (χ1v) is 13.1. The highest BCUT2D eigenvalue weighted by molar-refractivity contribution is 7.91. The molecule has 0 radical (unpaired) electrons. The summed E-state index contributed by atoms with van der Waals surface area (Å²) in [5.41, 5.74) is 4.89. The number of carbonyl (C=O) groups is 1. The van der Waals surface area contributed by atoms with Gasteiger partial charge in [-0.3, -0.25) is 4.90 Å². The lowest BCUT2D eigenvalue weighted by Gasteiger charge is -2.27. The van der Waals surface area contributed by atoms with Gasteiger partial charge in [0.15, 0.2) is 0 Å². The van der Waals surface area contributed by atoms with Crippen LogP contribution in [0.15, 0.2) is 22.4 Å². The Morgan fingerprint density at radius 2 is 1.87 bits per heavy atom. The second kappa shape index (κ2) is 9.02. The molecule has 3 heterocycles. The van der Waals surface area contributed by atoms with E-state index < -0.39 is 16.0 Å². The van der Waals surface area contributed by atoms with Crippen LogP contribution in [0.3, 0.4) is 0 Å². The van der Waals surface area contributed by atoms with Crippen LogP contribution in [0.25, 0.3) is 0 Å². The molecule has 0 saturated carbocycles. The molecule has 0 atom stereocenters. The number of methoxy groups -OCH3 is 1. The third-order valence-electron chi connectivity index (χ3n) is 6.28. The molecular formula is C23H30N2O4S2. The summed E-state index contributed by atoms with van der Waals surface area (Å²) in [5, 5.41) is 0. The Bertz CT molecular complexity index is 1090. The van der Waals surface area contributed by atoms with Gasteiger partial charge in [-0.1, -0.05) is 30.2 Å². The van der Waals surface area contributed by atoms with Gasteiger partial charge in [-0.25, -0.2) is 13.2 Å². The first kappa shape index (κ1) is 22.5. The van der Waals surface area contributed by atoms with E-state index in [2.05, 4.69) is 36.9 Å². The molecule has 4 rings (SSSR count). The zero-order valence-electron chi connectivity index (χ0n) is 18.4. The fourth-order valence-electron chi connectivity index (χ4n) is 4.49. The van der Waals surface area contributed by atoms with Crippen molar-refractivity contribution in [1.82, 2.24) is 9.21 Å². The molecule has 2 aliphatic heterocycles.